The number of benzene rings is 12. The lowest BCUT2D eigenvalue weighted by Crippen LogP contribution is -2.84. The Morgan fingerprint density at radius 2 is 0.306 bits per heavy atom. The van der Waals surface area contributed by atoms with E-state index in [1.807, 2.05) is 121 Å². The number of rotatable bonds is 16. The third-order valence-electron chi connectivity index (χ3n) is 17.2. The summed E-state index contributed by atoms with van der Waals surface area (Å²) in [4.78, 5) is 0. The molecule has 13 rings (SSSR count). The Hall–Kier alpha value is -9.70. The van der Waals surface area contributed by atoms with Gasteiger partial charge in [0.15, 0.2) is 33.3 Å². The standard InChI is InChI=1S/C92H88O8Si8/c1-101(2,3)93-105(89-65-49-77(50-66-89)37-33-73-41-57-85(58-42-73)81-25-17-13-18-26-81)97-106(94-102(4,5)6,90-67-51-78(52-68-90)38-34-74-43-59-86(60-44-74)82-27-19-14-20-28-82)99-108(96-104(10,11)12,92-71-55-80(56-72-92)40-36-76-47-63-88(64-48-76)84-31-23-16-24-32-84)100-107(98-105,95-103(7,8)9)91-69-53-79(54-70-91)39-35-75-45-61-87(62-46-75)83-29-21-15-22-30-83/h13-32,41-72H,1-12H3. The lowest BCUT2D eigenvalue weighted by molar-refractivity contribution is 0.104. The molecule has 1 saturated heterocycles. The van der Waals surface area contributed by atoms with Gasteiger partial charge in [0, 0.05) is 65.3 Å². The van der Waals surface area contributed by atoms with Gasteiger partial charge in [0.2, 0.25) is 0 Å². The molecular weight excluding hydrogens is 1460 g/mol. The van der Waals surface area contributed by atoms with Crippen LogP contribution in [0.4, 0.5) is 0 Å². The van der Waals surface area contributed by atoms with Gasteiger partial charge in [-0.1, -0.05) is 266 Å². The first-order valence-electron chi connectivity index (χ1n) is 36.5. The van der Waals surface area contributed by atoms with Gasteiger partial charge in [-0.05, 0) is 220 Å². The topological polar surface area (TPSA) is 73.8 Å². The van der Waals surface area contributed by atoms with Crippen LogP contribution >= 0.6 is 0 Å². The zero-order valence-electron chi connectivity index (χ0n) is 63.3. The van der Waals surface area contributed by atoms with Gasteiger partial charge >= 0.3 is 35.2 Å². The van der Waals surface area contributed by atoms with Crippen molar-refractivity contribution >= 4 is 89.2 Å². The minimum absolute atomic E-state index is 0.654. The van der Waals surface area contributed by atoms with Crippen LogP contribution in [0.1, 0.15) is 44.5 Å². The van der Waals surface area contributed by atoms with E-state index in [4.69, 9.17) is 32.9 Å². The third-order valence-corrected chi connectivity index (χ3v) is 44.0. The average molecular weight is 1550 g/mol. The zero-order valence-corrected chi connectivity index (χ0v) is 71.3. The van der Waals surface area contributed by atoms with Crippen LogP contribution < -0.4 is 20.7 Å². The molecule has 8 nitrogen and oxygen atoms in total. The molecule has 0 spiro atoms. The van der Waals surface area contributed by atoms with Crippen molar-refractivity contribution in [3.05, 3.63) is 360 Å². The van der Waals surface area contributed by atoms with Crippen LogP contribution in [0.2, 0.25) is 78.6 Å². The van der Waals surface area contributed by atoms with Crippen molar-refractivity contribution in [2.24, 2.45) is 0 Å². The largest absolute Gasteiger partial charge is 0.512 e. The fourth-order valence-corrected chi connectivity index (χ4v) is 45.4. The van der Waals surface area contributed by atoms with E-state index in [2.05, 4.69) is 320 Å². The quantitative estimate of drug-likeness (QED) is 0.0700. The summed E-state index contributed by atoms with van der Waals surface area (Å²) < 4.78 is 65.9. The molecular formula is C92H88O8Si8. The first kappa shape index (κ1) is 76.5. The molecule has 0 N–H and O–H groups in total. The van der Waals surface area contributed by atoms with E-state index in [1.54, 1.807) is 0 Å². The fraction of sp³-hybridized carbons (Fsp3) is 0.130. The van der Waals surface area contributed by atoms with Gasteiger partial charge < -0.3 is 32.9 Å². The smallest absolute Gasteiger partial charge is 0.413 e. The molecule has 1 heterocycles. The Balaban J connectivity index is 1.00. The molecule has 1 aliphatic rings. The molecule has 0 aliphatic carbocycles. The van der Waals surface area contributed by atoms with Gasteiger partial charge in [0.05, 0.1) is 0 Å². The van der Waals surface area contributed by atoms with Gasteiger partial charge in [0.25, 0.3) is 0 Å². The van der Waals surface area contributed by atoms with Gasteiger partial charge in [0.1, 0.15) is 0 Å². The highest BCUT2D eigenvalue weighted by Crippen LogP contribution is 2.39. The first-order chi connectivity index (χ1) is 51.7. The van der Waals surface area contributed by atoms with Crippen LogP contribution in [0, 0.1) is 47.4 Å². The monoisotopic (exact) mass is 1540 g/mol. The third kappa shape index (κ3) is 19.8. The van der Waals surface area contributed by atoms with Crippen molar-refractivity contribution < 1.29 is 32.9 Å². The highest BCUT2D eigenvalue weighted by Gasteiger charge is 2.73. The minimum atomic E-state index is -4.68. The summed E-state index contributed by atoms with van der Waals surface area (Å²) in [5, 5.41) is 2.62. The van der Waals surface area contributed by atoms with E-state index in [9.17, 15) is 0 Å². The summed E-state index contributed by atoms with van der Waals surface area (Å²) in [6.45, 7) is 25.9. The van der Waals surface area contributed by atoms with Crippen LogP contribution in [-0.4, -0.2) is 68.5 Å². The molecule has 1 aliphatic heterocycles. The Kier molecular flexibility index (Phi) is 23.1. The second kappa shape index (κ2) is 32.6. The molecule has 0 bridgehead atoms. The summed E-state index contributed by atoms with van der Waals surface area (Å²) in [5.74, 6) is 27.6. The van der Waals surface area contributed by atoms with Gasteiger partial charge in [-0.25, -0.2) is 0 Å². The summed E-state index contributed by atoms with van der Waals surface area (Å²) in [6, 6.07) is 107. The molecule has 0 radical (unpaired) electrons. The van der Waals surface area contributed by atoms with Gasteiger partial charge in [-0.15, -0.1) is 0 Å². The summed E-state index contributed by atoms with van der Waals surface area (Å²) >= 11 is 0. The highest BCUT2D eigenvalue weighted by atomic mass is 28.6. The molecule has 16 heteroatoms. The summed E-state index contributed by atoms with van der Waals surface area (Å²) in [5.41, 5.74) is 15.7. The maximum absolute atomic E-state index is 8.50. The van der Waals surface area contributed by atoms with Crippen molar-refractivity contribution in [1.82, 2.24) is 0 Å². The van der Waals surface area contributed by atoms with Gasteiger partial charge in [-0.3, -0.25) is 0 Å². The zero-order chi connectivity index (χ0) is 75.6. The van der Waals surface area contributed by atoms with Crippen LogP contribution in [0.25, 0.3) is 44.5 Å². The maximum atomic E-state index is 8.50. The Bertz CT molecular complexity index is 4640. The molecule has 0 saturated carbocycles. The molecule has 0 aromatic heterocycles. The Labute approximate surface area is 647 Å². The van der Waals surface area contributed by atoms with Crippen LogP contribution in [0.3, 0.4) is 0 Å². The first-order valence-corrected chi connectivity index (χ1v) is 57.0. The van der Waals surface area contributed by atoms with E-state index in [-0.39, 0.29) is 0 Å². The van der Waals surface area contributed by atoms with E-state index in [0.29, 0.717) is 20.7 Å². The molecule has 12 aromatic rings. The molecule has 0 unspecified atom stereocenters. The van der Waals surface area contributed by atoms with Crippen LogP contribution in [0.5, 0.6) is 0 Å². The minimum Gasteiger partial charge on any atom is -0.413 e. The summed E-state index contributed by atoms with van der Waals surface area (Å²) in [7, 11) is -30.2. The Morgan fingerprint density at radius 3 is 0.444 bits per heavy atom. The maximum Gasteiger partial charge on any atom is 0.512 e. The lowest BCUT2D eigenvalue weighted by atomic mass is 10.0. The molecule has 536 valence electrons. The Morgan fingerprint density at radius 1 is 0.176 bits per heavy atom. The predicted molar refractivity (Wildman–Crippen MR) is 461 cm³/mol. The van der Waals surface area contributed by atoms with Crippen LogP contribution in [0.15, 0.2) is 315 Å². The number of hydrogen-bond acceptors (Lipinski definition) is 8. The van der Waals surface area contributed by atoms with Crippen molar-refractivity contribution in [3.8, 4) is 91.9 Å². The molecule has 0 amide bonds. The molecule has 108 heavy (non-hydrogen) atoms. The highest BCUT2D eigenvalue weighted by molar-refractivity contribution is 7.06. The predicted octanol–water partition coefficient (Wildman–Crippen LogP) is 19.1. The molecule has 1 fully saturated rings. The summed E-state index contributed by atoms with van der Waals surface area (Å²) in [6.07, 6.45) is 0. The van der Waals surface area contributed by atoms with E-state index in [0.717, 1.165) is 89.0 Å². The van der Waals surface area contributed by atoms with Crippen molar-refractivity contribution in [2.75, 3.05) is 0 Å². The fourth-order valence-electron chi connectivity index (χ4n) is 12.4. The average Bonchev–Trinajstić information content (AvgIpc) is 0.706. The van der Waals surface area contributed by atoms with Crippen molar-refractivity contribution in [3.63, 3.8) is 0 Å². The van der Waals surface area contributed by atoms with Crippen molar-refractivity contribution in [2.45, 2.75) is 78.6 Å². The van der Waals surface area contributed by atoms with E-state index < -0.39 is 68.5 Å². The molecule has 12 aromatic carbocycles. The normalized spacial score (nSPS) is 18.0. The molecule has 0 atom stereocenters. The second-order valence-corrected chi connectivity index (χ2v) is 60.8. The van der Waals surface area contributed by atoms with E-state index in [1.165, 1.54) is 0 Å². The SMILES string of the molecule is C[Si](C)(C)O[Si]1(c2ccc(C#Cc3ccc(-c4ccccc4)cc3)cc2)O[Si](O[Si](C)(C)C)(c2ccc(C#Cc3ccc(-c4ccccc4)cc3)cc2)O[Si](O[Si](C)(C)C)(c2ccc(C#Cc3ccc(-c4ccccc4)cc3)cc2)O[Si](O[Si](C)(C)C)(c2ccc(C#Cc3ccc(-c4ccccc4)cc3)cc2)O1. The second-order valence-electron chi connectivity index (χ2n) is 30.6. The van der Waals surface area contributed by atoms with Crippen molar-refractivity contribution in [1.29, 1.82) is 0 Å². The number of hydrogen-bond donors (Lipinski definition) is 0. The van der Waals surface area contributed by atoms with Crippen LogP contribution in [-0.2, 0) is 32.9 Å². The van der Waals surface area contributed by atoms with Gasteiger partial charge in [-0.2, -0.15) is 0 Å². The lowest BCUT2D eigenvalue weighted by Gasteiger charge is -2.53. The van der Waals surface area contributed by atoms with E-state index >= 15 is 0 Å².